The van der Waals surface area contributed by atoms with Gasteiger partial charge < -0.3 is 10.1 Å². The first kappa shape index (κ1) is 26.4. The van der Waals surface area contributed by atoms with Crippen LogP contribution in [0.15, 0.2) is 36.4 Å². The summed E-state index contributed by atoms with van der Waals surface area (Å²) >= 11 is 17.6. The number of aryl methyl sites for hydroxylation is 1. The molecule has 1 N–H and O–H groups in total. The summed E-state index contributed by atoms with van der Waals surface area (Å²) < 4.78 is 46.7. The molecule has 0 spiro atoms. The molecule has 1 aliphatic rings. The van der Waals surface area contributed by atoms with Crippen molar-refractivity contribution in [1.82, 2.24) is 5.32 Å². The third-order valence-corrected chi connectivity index (χ3v) is 6.27. The minimum Gasteiger partial charge on any atom is -0.444 e. The van der Waals surface area contributed by atoms with Crippen LogP contribution >= 0.6 is 34.8 Å². The first-order valence-electron chi connectivity index (χ1n) is 10.3. The second-order valence-corrected chi connectivity index (χ2v) is 10.0. The van der Waals surface area contributed by atoms with E-state index in [2.05, 4.69) is 5.32 Å². The average Bonchev–Trinajstić information content (AvgIpc) is 3.09. The molecule has 3 rings (SSSR count). The van der Waals surface area contributed by atoms with E-state index in [1.165, 1.54) is 12.1 Å². The normalized spacial score (nSPS) is 16.3. The van der Waals surface area contributed by atoms with Gasteiger partial charge in [-0.15, -0.1) is 0 Å². The van der Waals surface area contributed by atoms with Gasteiger partial charge in [0.1, 0.15) is 5.60 Å². The third-order valence-electron chi connectivity index (χ3n) is 5.07. The molecular weight excluding hydrogens is 514 g/mol. The molecule has 0 radical (unpaired) electrons. The largest absolute Gasteiger partial charge is 0.444 e. The molecule has 0 heterocycles. The zero-order chi connectivity index (χ0) is 25.4. The van der Waals surface area contributed by atoms with Crippen LogP contribution in [0.25, 0.3) is 5.57 Å². The first-order chi connectivity index (χ1) is 15.7. The Morgan fingerprint density at radius 1 is 1.03 bits per heavy atom. The molecule has 10 heteroatoms. The highest BCUT2D eigenvalue weighted by molar-refractivity contribution is 6.48. The number of fused-ring (bicyclic) bond motifs is 1. The molecule has 0 aliphatic heterocycles. The van der Waals surface area contributed by atoms with Crippen LogP contribution in [0.5, 0.6) is 0 Å². The summed E-state index contributed by atoms with van der Waals surface area (Å²) in [5.41, 5.74) is -0.669. The minimum absolute atomic E-state index is 0.0459. The highest BCUT2D eigenvalue weighted by Gasteiger charge is 2.36. The number of carbonyl (C=O) groups excluding carboxylic acids is 2. The lowest BCUT2D eigenvalue weighted by Gasteiger charge is -2.22. The Bertz CT molecular complexity index is 1150. The van der Waals surface area contributed by atoms with Gasteiger partial charge in [0.2, 0.25) is 0 Å². The van der Waals surface area contributed by atoms with Gasteiger partial charge in [-0.25, -0.2) is 4.79 Å². The zero-order valence-electron chi connectivity index (χ0n) is 18.4. The highest BCUT2D eigenvalue weighted by Crippen LogP contribution is 2.40. The van der Waals surface area contributed by atoms with E-state index >= 15 is 0 Å². The fraction of sp³-hybridized carbons (Fsp3) is 0.333. The number of halogens is 6. The van der Waals surface area contributed by atoms with Gasteiger partial charge in [-0.2, -0.15) is 13.2 Å². The molecule has 0 aromatic heterocycles. The predicted molar refractivity (Wildman–Crippen MR) is 127 cm³/mol. The zero-order valence-corrected chi connectivity index (χ0v) is 20.7. The number of hydrogen-bond donors (Lipinski definition) is 1. The molecule has 1 aliphatic carbocycles. The van der Waals surface area contributed by atoms with Crippen molar-refractivity contribution in [2.24, 2.45) is 0 Å². The molecule has 0 saturated carbocycles. The first-order valence-corrected chi connectivity index (χ1v) is 11.4. The van der Waals surface area contributed by atoms with E-state index in [1.807, 2.05) is 0 Å². The Balaban J connectivity index is 1.93. The van der Waals surface area contributed by atoms with Gasteiger partial charge in [-0.1, -0.05) is 46.9 Å². The summed E-state index contributed by atoms with van der Waals surface area (Å²) in [7, 11) is 0. The summed E-state index contributed by atoms with van der Waals surface area (Å²) in [6, 6.07) is 6.23. The number of alkyl carbamates (subject to hydrolysis) is 1. The lowest BCUT2D eigenvalue weighted by molar-refractivity contribution is -0.0689. The summed E-state index contributed by atoms with van der Waals surface area (Å²) in [5.74, 6) is -0.861. The maximum Gasteiger partial charge on any atom is 0.417 e. The Morgan fingerprint density at radius 3 is 2.21 bits per heavy atom. The molecule has 2 aromatic rings. The van der Waals surface area contributed by atoms with Crippen molar-refractivity contribution in [3.8, 4) is 0 Å². The molecule has 1 amide bonds. The third kappa shape index (κ3) is 6.26. The topological polar surface area (TPSA) is 55.4 Å². The van der Waals surface area contributed by atoms with E-state index in [9.17, 15) is 22.8 Å². The molecular formula is C24H21Cl3F3NO3. The number of ketones is 1. The maximum atomic E-state index is 13.8. The van der Waals surface area contributed by atoms with Crippen LogP contribution in [0.1, 0.15) is 60.3 Å². The quantitative estimate of drug-likeness (QED) is 0.246. The lowest BCUT2D eigenvalue weighted by atomic mass is 9.98. The molecule has 0 fully saturated rings. The summed E-state index contributed by atoms with van der Waals surface area (Å²) in [5, 5.41) is 2.34. The van der Waals surface area contributed by atoms with E-state index < -0.39 is 35.3 Å². The summed E-state index contributed by atoms with van der Waals surface area (Å²) in [6.45, 7) is 5.20. The highest BCUT2D eigenvalue weighted by atomic mass is 35.5. The second-order valence-electron chi connectivity index (χ2n) is 8.82. The van der Waals surface area contributed by atoms with Gasteiger partial charge in [-0.3, -0.25) is 4.79 Å². The molecule has 2 aromatic carbocycles. The van der Waals surface area contributed by atoms with E-state index in [0.717, 1.165) is 17.7 Å². The second kappa shape index (κ2) is 9.80. The van der Waals surface area contributed by atoms with Crippen LogP contribution < -0.4 is 5.32 Å². The number of rotatable bonds is 4. The number of hydrogen-bond acceptors (Lipinski definition) is 3. The van der Waals surface area contributed by atoms with Crippen molar-refractivity contribution in [3.05, 3.63) is 73.7 Å². The number of allylic oxidation sites excluding steroid dienone is 2. The van der Waals surface area contributed by atoms with Crippen LogP contribution in [0, 0.1) is 0 Å². The molecule has 0 saturated heterocycles. The number of amides is 1. The van der Waals surface area contributed by atoms with Crippen molar-refractivity contribution in [1.29, 1.82) is 0 Å². The smallest absolute Gasteiger partial charge is 0.417 e. The van der Waals surface area contributed by atoms with Gasteiger partial charge in [0.25, 0.3) is 0 Å². The SMILES string of the molecule is CC(C)(C)OC(=O)NC1CCc2ccc(C(=O)/C=C(\c3cc(Cl)c(Cl)c(Cl)c3)C(F)(F)F)cc21. The Morgan fingerprint density at radius 2 is 1.65 bits per heavy atom. The molecule has 1 unspecified atom stereocenters. The van der Waals surface area contributed by atoms with E-state index in [0.29, 0.717) is 24.5 Å². The number of nitrogens with one attached hydrogen (secondary N) is 1. The minimum atomic E-state index is -4.85. The molecule has 1 atom stereocenters. The fourth-order valence-electron chi connectivity index (χ4n) is 3.61. The Hall–Kier alpha value is -2.22. The number of ether oxygens (including phenoxy) is 1. The summed E-state index contributed by atoms with van der Waals surface area (Å²) in [6.07, 6.45) is -3.73. The van der Waals surface area contributed by atoms with Crippen LogP contribution in [-0.4, -0.2) is 23.7 Å². The molecule has 0 bridgehead atoms. The number of benzene rings is 2. The average molecular weight is 535 g/mol. The van der Waals surface area contributed by atoms with E-state index in [-0.39, 0.29) is 26.2 Å². The predicted octanol–water partition coefficient (Wildman–Crippen LogP) is 7.99. The number of alkyl halides is 3. The van der Waals surface area contributed by atoms with Crippen LogP contribution in [0.4, 0.5) is 18.0 Å². The molecule has 4 nitrogen and oxygen atoms in total. The fourth-order valence-corrected chi connectivity index (χ4v) is 4.21. The monoisotopic (exact) mass is 533 g/mol. The standard InChI is InChI=1S/C24H21Cl3F3NO3/c1-23(2,3)34-22(33)31-19-7-6-12-4-5-13(8-15(12)19)20(32)11-16(24(28,29)30)14-9-17(25)21(27)18(26)10-14/h4-5,8-11,19H,6-7H2,1-3H3,(H,31,33)/b16-11+. The maximum absolute atomic E-state index is 13.8. The van der Waals surface area contributed by atoms with Gasteiger partial charge in [0, 0.05) is 5.56 Å². The van der Waals surface area contributed by atoms with Crippen LogP contribution in [0.2, 0.25) is 15.1 Å². The van der Waals surface area contributed by atoms with Crippen molar-refractivity contribution in [3.63, 3.8) is 0 Å². The Labute approximate surface area is 210 Å². The van der Waals surface area contributed by atoms with Gasteiger partial charge in [0.15, 0.2) is 5.78 Å². The van der Waals surface area contributed by atoms with Gasteiger partial charge in [-0.05, 0) is 74.6 Å². The van der Waals surface area contributed by atoms with Crippen molar-refractivity contribution in [2.75, 3.05) is 0 Å². The van der Waals surface area contributed by atoms with E-state index in [1.54, 1.807) is 26.8 Å². The van der Waals surface area contributed by atoms with Crippen molar-refractivity contribution >= 4 is 52.3 Å². The molecule has 34 heavy (non-hydrogen) atoms. The van der Waals surface area contributed by atoms with Crippen LogP contribution in [0.3, 0.4) is 0 Å². The van der Waals surface area contributed by atoms with Crippen LogP contribution in [-0.2, 0) is 11.2 Å². The van der Waals surface area contributed by atoms with Crippen molar-refractivity contribution < 1.29 is 27.5 Å². The van der Waals surface area contributed by atoms with Gasteiger partial charge in [0.05, 0.1) is 26.7 Å². The van der Waals surface area contributed by atoms with E-state index in [4.69, 9.17) is 39.5 Å². The lowest BCUT2D eigenvalue weighted by Crippen LogP contribution is -2.34. The molecule has 182 valence electrons. The van der Waals surface area contributed by atoms with Crippen molar-refractivity contribution in [2.45, 2.75) is 51.4 Å². The summed E-state index contributed by atoms with van der Waals surface area (Å²) in [4.78, 5) is 25.0. The Kier molecular flexibility index (Phi) is 7.60. The number of carbonyl (C=O) groups is 2. The van der Waals surface area contributed by atoms with Gasteiger partial charge >= 0.3 is 12.3 Å².